The van der Waals surface area contributed by atoms with Gasteiger partial charge in [0.1, 0.15) is 0 Å². The van der Waals surface area contributed by atoms with Crippen molar-refractivity contribution in [3.05, 3.63) is 28.2 Å². The van der Waals surface area contributed by atoms with Gasteiger partial charge in [-0.05, 0) is 35.6 Å². The Hall–Kier alpha value is -0.580. The van der Waals surface area contributed by atoms with Gasteiger partial charge in [0.15, 0.2) is 0 Å². The number of nitrogens with two attached hydrogens (primary N) is 1. The van der Waals surface area contributed by atoms with Gasteiger partial charge in [0.25, 0.3) is 0 Å². The molecule has 0 aromatic heterocycles. The Morgan fingerprint density at radius 3 is 2.63 bits per heavy atom. The van der Waals surface area contributed by atoms with Gasteiger partial charge >= 0.3 is 0 Å². The Morgan fingerprint density at radius 2 is 2.05 bits per heavy atom. The third-order valence-corrected chi connectivity index (χ3v) is 3.90. The fourth-order valence-corrected chi connectivity index (χ4v) is 2.55. The van der Waals surface area contributed by atoms with E-state index in [9.17, 15) is 4.79 Å². The fourth-order valence-electron chi connectivity index (χ4n) is 2.14. The molecule has 5 heteroatoms. The summed E-state index contributed by atoms with van der Waals surface area (Å²) in [4.78, 5) is 14.2. The summed E-state index contributed by atoms with van der Waals surface area (Å²) in [6.45, 7) is 6.71. The van der Waals surface area contributed by atoms with Gasteiger partial charge in [-0.3, -0.25) is 4.79 Å². The summed E-state index contributed by atoms with van der Waals surface area (Å²) >= 11 is 3.45. The summed E-state index contributed by atoms with van der Waals surface area (Å²) in [5.41, 5.74) is 8.06. The van der Waals surface area contributed by atoms with Crippen LogP contribution in [0, 0.1) is 5.41 Å². The minimum absolute atomic E-state index is 0. The van der Waals surface area contributed by atoms with E-state index in [1.807, 2.05) is 37.8 Å². The molecule has 0 aliphatic carbocycles. The first-order chi connectivity index (χ1) is 8.30. The zero-order chi connectivity index (χ0) is 13.5. The van der Waals surface area contributed by atoms with Gasteiger partial charge in [-0.15, -0.1) is 12.4 Å². The van der Waals surface area contributed by atoms with Gasteiger partial charge in [0.05, 0.1) is 6.04 Å². The number of halogens is 2. The van der Waals surface area contributed by atoms with E-state index in [0.29, 0.717) is 0 Å². The van der Waals surface area contributed by atoms with Gasteiger partial charge < -0.3 is 10.6 Å². The standard InChI is InChI=1S/C14H19BrN2O.ClH/c1-14(2,3)12(16)13(18)17-7-6-9-8-10(15)4-5-11(9)17;/h4-5,8,12H,6-7,16H2,1-3H3;1H/t12-;/m1./s1. The molecule has 106 valence electrons. The number of hydrogen-bond acceptors (Lipinski definition) is 2. The second kappa shape index (κ2) is 5.81. The Balaban J connectivity index is 0.00000180. The Labute approximate surface area is 129 Å². The molecular formula is C14H20BrClN2O. The van der Waals surface area contributed by atoms with Crippen molar-refractivity contribution < 1.29 is 4.79 Å². The van der Waals surface area contributed by atoms with Crippen molar-refractivity contribution in [2.45, 2.75) is 33.2 Å². The summed E-state index contributed by atoms with van der Waals surface area (Å²) in [7, 11) is 0. The molecule has 2 N–H and O–H groups in total. The summed E-state index contributed by atoms with van der Waals surface area (Å²) in [6.07, 6.45) is 0.900. The zero-order valence-electron chi connectivity index (χ0n) is 11.4. The highest BCUT2D eigenvalue weighted by Gasteiger charge is 2.34. The highest BCUT2D eigenvalue weighted by Crippen LogP contribution is 2.32. The van der Waals surface area contributed by atoms with Crippen molar-refractivity contribution >= 4 is 39.9 Å². The van der Waals surface area contributed by atoms with Crippen LogP contribution in [0.3, 0.4) is 0 Å². The number of rotatable bonds is 1. The average Bonchev–Trinajstić information content (AvgIpc) is 2.68. The molecule has 0 spiro atoms. The SMILES string of the molecule is CC(C)(C)[C@H](N)C(=O)N1CCc2cc(Br)ccc21.Cl. The van der Waals surface area contributed by atoms with E-state index < -0.39 is 6.04 Å². The third-order valence-electron chi connectivity index (χ3n) is 3.40. The lowest BCUT2D eigenvalue weighted by Gasteiger charge is -2.30. The number of nitrogens with zero attached hydrogens (tertiary/aromatic N) is 1. The van der Waals surface area contributed by atoms with Crippen LogP contribution in [-0.4, -0.2) is 18.5 Å². The quantitative estimate of drug-likeness (QED) is 0.848. The lowest BCUT2D eigenvalue weighted by molar-refractivity contribution is -0.121. The Morgan fingerprint density at radius 1 is 1.42 bits per heavy atom. The minimum Gasteiger partial charge on any atom is -0.319 e. The first-order valence-electron chi connectivity index (χ1n) is 6.16. The van der Waals surface area contributed by atoms with Crippen LogP contribution in [-0.2, 0) is 11.2 Å². The molecule has 0 saturated carbocycles. The molecule has 0 fully saturated rings. The smallest absolute Gasteiger partial charge is 0.244 e. The molecule has 0 unspecified atom stereocenters. The molecule has 0 saturated heterocycles. The first kappa shape index (κ1) is 16.5. The number of anilines is 1. The highest BCUT2D eigenvalue weighted by atomic mass is 79.9. The van der Waals surface area contributed by atoms with Crippen LogP contribution >= 0.6 is 28.3 Å². The monoisotopic (exact) mass is 346 g/mol. The summed E-state index contributed by atoms with van der Waals surface area (Å²) in [6, 6.07) is 5.56. The second-order valence-corrected chi connectivity index (χ2v) is 6.77. The van der Waals surface area contributed by atoms with Crippen molar-refractivity contribution in [1.29, 1.82) is 0 Å². The molecule has 19 heavy (non-hydrogen) atoms. The molecule has 0 radical (unpaired) electrons. The maximum absolute atomic E-state index is 12.4. The summed E-state index contributed by atoms with van der Waals surface area (Å²) < 4.78 is 1.05. The highest BCUT2D eigenvalue weighted by molar-refractivity contribution is 9.10. The van der Waals surface area contributed by atoms with Crippen molar-refractivity contribution in [2.24, 2.45) is 11.1 Å². The predicted molar refractivity (Wildman–Crippen MR) is 84.9 cm³/mol. The molecule has 1 aromatic rings. The van der Waals surface area contributed by atoms with Gasteiger partial charge in [-0.1, -0.05) is 36.7 Å². The summed E-state index contributed by atoms with van der Waals surface area (Å²) in [5, 5.41) is 0. The minimum atomic E-state index is -0.466. The van der Waals surface area contributed by atoms with Crippen molar-refractivity contribution in [3.63, 3.8) is 0 Å². The Bertz CT molecular complexity index is 485. The van der Waals surface area contributed by atoms with Crippen molar-refractivity contribution in [3.8, 4) is 0 Å². The molecule has 1 heterocycles. The number of fused-ring (bicyclic) bond motifs is 1. The van der Waals surface area contributed by atoms with E-state index in [1.54, 1.807) is 0 Å². The molecule has 1 aliphatic heterocycles. The fraction of sp³-hybridized carbons (Fsp3) is 0.500. The van der Waals surface area contributed by atoms with E-state index in [4.69, 9.17) is 5.73 Å². The van der Waals surface area contributed by atoms with Crippen LogP contribution in [0.1, 0.15) is 26.3 Å². The number of amides is 1. The van der Waals surface area contributed by atoms with Crippen LogP contribution in [0.4, 0.5) is 5.69 Å². The lowest BCUT2D eigenvalue weighted by atomic mass is 9.86. The molecule has 3 nitrogen and oxygen atoms in total. The second-order valence-electron chi connectivity index (χ2n) is 5.86. The molecule has 0 bridgehead atoms. The molecule has 1 aliphatic rings. The predicted octanol–water partition coefficient (Wildman–Crippen LogP) is 3.13. The number of hydrogen-bond donors (Lipinski definition) is 1. The van der Waals surface area contributed by atoms with Crippen LogP contribution in [0.15, 0.2) is 22.7 Å². The largest absolute Gasteiger partial charge is 0.319 e. The number of carbonyl (C=O) groups excluding carboxylic acids is 1. The van der Waals surface area contributed by atoms with Crippen molar-refractivity contribution in [1.82, 2.24) is 0 Å². The van der Waals surface area contributed by atoms with Gasteiger partial charge in [0.2, 0.25) is 5.91 Å². The van der Waals surface area contributed by atoms with E-state index in [1.165, 1.54) is 5.56 Å². The third kappa shape index (κ3) is 3.30. The molecule has 2 rings (SSSR count). The maximum Gasteiger partial charge on any atom is 0.244 e. The normalized spacial score (nSPS) is 15.7. The molecule has 1 atom stereocenters. The van der Waals surface area contributed by atoms with Gasteiger partial charge in [0, 0.05) is 16.7 Å². The first-order valence-corrected chi connectivity index (χ1v) is 6.95. The van der Waals surface area contributed by atoms with Crippen LogP contribution in [0.25, 0.3) is 0 Å². The average molecular weight is 348 g/mol. The number of benzene rings is 1. The van der Waals surface area contributed by atoms with Gasteiger partial charge in [-0.25, -0.2) is 0 Å². The van der Waals surface area contributed by atoms with E-state index in [-0.39, 0.29) is 23.7 Å². The van der Waals surface area contributed by atoms with Crippen LogP contribution in [0.5, 0.6) is 0 Å². The maximum atomic E-state index is 12.4. The van der Waals surface area contributed by atoms with E-state index in [0.717, 1.165) is 23.1 Å². The van der Waals surface area contributed by atoms with E-state index in [2.05, 4.69) is 22.0 Å². The van der Waals surface area contributed by atoms with Crippen molar-refractivity contribution in [2.75, 3.05) is 11.4 Å². The summed E-state index contributed by atoms with van der Waals surface area (Å²) in [5.74, 6) is 0.0172. The zero-order valence-corrected chi connectivity index (χ0v) is 13.8. The van der Waals surface area contributed by atoms with Crippen LogP contribution < -0.4 is 10.6 Å². The van der Waals surface area contributed by atoms with Gasteiger partial charge in [-0.2, -0.15) is 0 Å². The van der Waals surface area contributed by atoms with E-state index >= 15 is 0 Å². The number of carbonyl (C=O) groups is 1. The lowest BCUT2D eigenvalue weighted by Crippen LogP contribution is -2.50. The molecule has 1 amide bonds. The molecular weight excluding hydrogens is 328 g/mol. The Kier molecular flexibility index (Phi) is 5.04. The van der Waals surface area contributed by atoms with Crippen LogP contribution in [0.2, 0.25) is 0 Å². The molecule has 1 aromatic carbocycles. The topological polar surface area (TPSA) is 46.3 Å².